The molecule has 0 heterocycles. The summed E-state index contributed by atoms with van der Waals surface area (Å²) in [6, 6.07) is 11.8. The molecule has 0 unspecified atom stereocenters. The maximum absolute atomic E-state index is 12.8. The summed E-state index contributed by atoms with van der Waals surface area (Å²) in [6.45, 7) is 0.513. The van der Waals surface area contributed by atoms with E-state index in [2.05, 4.69) is 10.0 Å². The monoisotopic (exact) mass is 446 g/mol. The van der Waals surface area contributed by atoms with Crippen LogP contribution in [-0.2, 0) is 16.4 Å². The number of sulfonamides is 1. The third-order valence-electron chi connectivity index (χ3n) is 5.60. The number of methoxy groups -OCH3 is 1. The van der Waals surface area contributed by atoms with Crippen LogP contribution in [0.3, 0.4) is 0 Å². The molecule has 0 radical (unpaired) electrons. The molecule has 168 valence electrons. The van der Waals surface area contributed by atoms with Crippen molar-refractivity contribution in [1.29, 1.82) is 0 Å². The molecule has 31 heavy (non-hydrogen) atoms. The quantitative estimate of drug-likeness (QED) is 0.502. The zero-order valence-electron chi connectivity index (χ0n) is 17.8. The molecule has 1 saturated carbocycles. The van der Waals surface area contributed by atoms with E-state index in [0.717, 1.165) is 49.8 Å². The van der Waals surface area contributed by atoms with Gasteiger partial charge in [0, 0.05) is 18.3 Å². The first-order valence-corrected chi connectivity index (χ1v) is 12.1. The van der Waals surface area contributed by atoms with Crippen LogP contribution in [0.5, 0.6) is 5.75 Å². The molecule has 0 amide bonds. The van der Waals surface area contributed by atoms with E-state index in [-0.39, 0.29) is 16.5 Å². The normalized spacial score (nSPS) is 15.3. The minimum atomic E-state index is -3.77. The highest BCUT2D eigenvalue weighted by molar-refractivity contribution is 7.89. The lowest BCUT2D eigenvalue weighted by Crippen LogP contribution is -2.34. The summed E-state index contributed by atoms with van der Waals surface area (Å²) in [7, 11) is -2.16. The van der Waals surface area contributed by atoms with Gasteiger partial charge in [-0.05, 0) is 55.2 Å². The van der Waals surface area contributed by atoms with Crippen LogP contribution in [0.1, 0.15) is 54.4 Å². The van der Waals surface area contributed by atoms with Gasteiger partial charge in [0.25, 0.3) is 0 Å². The molecule has 0 saturated heterocycles. The van der Waals surface area contributed by atoms with Crippen LogP contribution in [0, 0.1) is 0 Å². The molecule has 1 fully saturated rings. The maximum atomic E-state index is 12.8. The molecule has 0 spiro atoms. The van der Waals surface area contributed by atoms with Crippen molar-refractivity contribution in [3.05, 3.63) is 53.6 Å². The Hall–Kier alpha value is -2.58. The van der Waals surface area contributed by atoms with Crippen molar-refractivity contribution in [2.24, 2.45) is 0 Å². The summed E-state index contributed by atoms with van der Waals surface area (Å²) in [6.07, 6.45) is 6.57. The SMILES string of the molecule is COc1ccc(CCNc2ccc(S(=O)(=O)NC3CCCCCC3)cc2C(=O)O)cc1. The number of anilines is 1. The highest BCUT2D eigenvalue weighted by atomic mass is 32.2. The van der Waals surface area contributed by atoms with Crippen LogP contribution in [0.4, 0.5) is 5.69 Å². The number of aromatic carboxylic acids is 1. The molecule has 8 heteroatoms. The van der Waals surface area contributed by atoms with Crippen molar-refractivity contribution in [2.45, 2.75) is 55.9 Å². The van der Waals surface area contributed by atoms with Crippen LogP contribution in [0.25, 0.3) is 0 Å². The third kappa shape index (κ3) is 6.45. The van der Waals surface area contributed by atoms with Gasteiger partial charge in [0.05, 0.1) is 17.6 Å². The lowest BCUT2D eigenvalue weighted by molar-refractivity contribution is 0.0697. The van der Waals surface area contributed by atoms with E-state index in [1.165, 1.54) is 18.2 Å². The molecule has 0 aromatic heterocycles. The van der Waals surface area contributed by atoms with E-state index < -0.39 is 16.0 Å². The van der Waals surface area contributed by atoms with Crippen molar-refractivity contribution < 1.29 is 23.1 Å². The largest absolute Gasteiger partial charge is 0.497 e. The average molecular weight is 447 g/mol. The molecule has 2 aromatic rings. The first-order chi connectivity index (χ1) is 14.9. The Bertz CT molecular complexity index is 982. The molecule has 0 aliphatic heterocycles. The maximum Gasteiger partial charge on any atom is 0.337 e. The lowest BCUT2D eigenvalue weighted by atomic mass is 10.1. The van der Waals surface area contributed by atoms with Crippen molar-refractivity contribution >= 4 is 21.7 Å². The molecule has 3 rings (SSSR count). The second-order valence-corrected chi connectivity index (χ2v) is 9.56. The number of nitrogens with one attached hydrogen (secondary N) is 2. The second kappa shape index (κ2) is 10.6. The molecule has 3 N–H and O–H groups in total. The van der Waals surface area contributed by atoms with Crippen LogP contribution < -0.4 is 14.8 Å². The van der Waals surface area contributed by atoms with E-state index >= 15 is 0 Å². The Kier molecular flexibility index (Phi) is 7.92. The Morgan fingerprint density at radius 2 is 1.74 bits per heavy atom. The zero-order valence-corrected chi connectivity index (χ0v) is 18.6. The van der Waals surface area contributed by atoms with E-state index in [9.17, 15) is 18.3 Å². The molecule has 0 atom stereocenters. The number of benzene rings is 2. The van der Waals surface area contributed by atoms with E-state index in [1.807, 2.05) is 24.3 Å². The number of rotatable bonds is 9. The summed E-state index contributed by atoms with van der Waals surface area (Å²) in [4.78, 5) is 11.8. The lowest BCUT2D eigenvalue weighted by Gasteiger charge is -2.17. The van der Waals surface area contributed by atoms with Crippen molar-refractivity contribution in [3.63, 3.8) is 0 Å². The molecule has 2 aromatic carbocycles. The highest BCUT2D eigenvalue weighted by Crippen LogP contribution is 2.23. The zero-order chi connectivity index (χ0) is 22.3. The number of hydrogen-bond acceptors (Lipinski definition) is 5. The van der Waals surface area contributed by atoms with Gasteiger partial charge in [-0.15, -0.1) is 0 Å². The van der Waals surface area contributed by atoms with Crippen LogP contribution in [0.15, 0.2) is 47.4 Å². The van der Waals surface area contributed by atoms with Gasteiger partial charge >= 0.3 is 5.97 Å². The van der Waals surface area contributed by atoms with Crippen molar-refractivity contribution in [3.8, 4) is 5.75 Å². The van der Waals surface area contributed by atoms with E-state index in [1.54, 1.807) is 7.11 Å². The Labute approximate surface area is 183 Å². The summed E-state index contributed by atoms with van der Waals surface area (Å²) < 4.78 is 33.5. The van der Waals surface area contributed by atoms with Gasteiger partial charge in [-0.2, -0.15) is 0 Å². The smallest absolute Gasteiger partial charge is 0.337 e. The molecular formula is C23H30N2O5S. The Morgan fingerprint density at radius 3 is 2.35 bits per heavy atom. The fourth-order valence-corrected chi connectivity index (χ4v) is 5.17. The number of carbonyl (C=O) groups is 1. The van der Waals surface area contributed by atoms with Gasteiger partial charge in [0.2, 0.25) is 10.0 Å². The summed E-state index contributed by atoms with van der Waals surface area (Å²) in [5.41, 5.74) is 1.42. The van der Waals surface area contributed by atoms with Gasteiger partial charge in [0.15, 0.2) is 0 Å². The van der Waals surface area contributed by atoms with Gasteiger partial charge in [-0.25, -0.2) is 17.9 Å². The number of hydrogen-bond donors (Lipinski definition) is 3. The summed E-state index contributed by atoms with van der Waals surface area (Å²) >= 11 is 0. The fraction of sp³-hybridized carbons (Fsp3) is 0.435. The molecule has 1 aliphatic rings. The molecular weight excluding hydrogens is 416 g/mol. The van der Waals surface area contributed by atoms with Gasteiger partial charge in [-0.1, -0.05) is 37.8 Å². The van der Waals surface area contributed by atoms with Gasteiger partial charge in [0.1, 0.15) is 5.75 Å². The predicted octanol–water partition coefficient (Wildman–Crippen LogP) is 4.05. The fourth-order valence-electron chi connectivity index (χ4n) is 3.84. The van der Waals surface area contributed by atoms with E-state index in [4.69, 9.17) is 4.74 Å². The second-order valence-electron chi connectivity index (χ2n) is 7.85. The minimum absolute atomic E-state index is 0.0187. The van der Waals surface area contributed by atoms with Gasteiger partial charge < -0.3 is 15.2 Å². The topological polar surface area (TPSA) is 105 Å². The average Bonchev–Trinajstić information content (AvgIpc) is 3.02. The van der Waals surface area contributed by atoms with Crippen molar-refractivity contribution in [2.75, 3.05) is 19.0 Å². The standard InChI is InChI=1S/C23H30N2O5S/c1-30-19-10-8-17(9-11-19)14-15-24-22-13-12-20(16-21(22)23(26)27)31(28,29)25-18-6-4-2-3-5-7-18/h8-13,16,18,24-25H,2-7,14-15H2,1H3,(H,26,27). The molecule has 7 nitrogen and oxygen atoms in total. The van der Waals surface area contributed by atoms with Gasteiger partial charge in [-0.3, -0.25) is 0 Å². The van der Waals surface area contributed by atoms with Crippen LogP contribution in [0.2, 0.25) is 0 Å². The van der Waals surface area contributed by atoms with E-state index in [0.29, 0.717) is 18.7 Å². The molecule has 1 aliphatic carbocycles. The summed E-state index contributed by atoms with van der Waals surface area (Å²) in [5.74, 6) is -0.391. The number of ether oxygens (including phenoxy) is 1. The first kappa shape index (κ1) is 23.1. The highest BCUT2D eigenvalue weighted by Gasteiger charge is 2.23. The first-order valence-electron chi connectivity index (χ1n) is 10.7. The summed E-state index contributed by atoms with van der Waals surface area (Å²) in [5, 5.41) is 12.7. The Morgan fingerprint density at radius 1 is 1.06 bits per heavy atom. The van der Waals surface area contributed by atoms with Crippen molar-refractivity contribution in [1.82, 2.24) is 4.72 Å². The minimum Gasteiger partial charge on any atom is -0.497 e. The third-order valence-corrected chi connectivity index (χ3v) is 7.12. The number of carboxylic acid groups (broad SMARTS) is 1. The Balaban J connectivity index is 1.68. The molecule has 0 bridgehead atoms. The van der Waals surface area contributed by atoms with Crippen LogP contribution >= 0.6 is 0 Å². The predicted molar refractivity (Wildman–Crippen MR) is 120 cm³/mol. The number of carboxylic acids is 1. The van der Waals surface area contributed by atoms with Crippen LogP contribution in [-0.4, -0.2) is 39.2 Å².